The van der Waals surface area contributed by atoms with Gasteiger partial charge in [0.15, 0.2) is 0 Å². The molecule has 1 saturated carbocycles. The van der Waals surface area contributed by atoms with Gasteiger partial charge < -0.3 is 10.4 Å². The fourth-order valence-corrected chi connectivity index (χ4v) is 1.75. The molecule has 1 rings (SSSR count). The lowest BCUT2D eigenvalue weighted by atomic mass is 10.0. The van der Waals surface area contributed by atoms with E-state index >= 15 is 0 Å². The Bertz CT molecular complexity index is 145. The average molecular weight is 185 g/mol. The summed E-state index contributed by atoms with van der Waals surface area (Å²) in [5.41, 5.74) is 0. The Morgan fingerprint density at radius 2 is 2.00 bits per heavy atom. The Kier molecular flexibility index (Phi) is 4.20. The third kappa shape index (κ3) is 3.28. The number of aliphatic hydroxyl groups is 1. The van der Waals surface area contributed by atoms with E-state index in [-0.39, 0.29) is 6.61 Å². The van der Waals surface area contributed by atoms with Crippen LogP contribution < -0.4 is 5.32 Å². The quantitative estimate of drug-likeness (QED) is 0.661. The van der Waals surface area contributed by atoms with Gasteiger partial charge in [0, 0.05) is 18.7 Å². The Hall–Kier alpha value is -0.0800. The first-order valence-electron chi connectivity index (χ1n) is 5.56. The summed E-state index contributed by atoms with van der Waals surface area (Å²) < 4.78 is 0. The molecule has 0 aromatic heterocycles. The van der Waals surface area contributed by atoms with Crippen LogP contribution >= 0.6 is 0 Å². The number of nitrogens with one attached hydrogen (secondary N) is 1. The molecular formula is C11H23NO. The van der Waals surface area contributed by atoms with Crippen molar-refractivity contribution in [1.82, 2.24) is 5.32 Å². The summed E-state index contributed by atoms with van der Waals surface area (Å²) in [5.74, 6) is 1.28. The zero-order valence-corrected chi connectivity index (χ0v) is 9.09. The topological polar surface area (TPSA) is 32.3 Å². The summed E-state index contributed by atoms with van der Waals surface area (Å²) in [4.78, 5) is 0. The highest BCUT2D eigenvalue weighted by Crippen LogP contribution is 2.34. The van der Waals surface area contributed by atoms with E-state index in [2.05, 4.69) is 26.1 Å². The van der Waals surface area contributed by atoms with Crippen LogP contribution in [0.3, 0.4) is 0 Å². The van der Waals surface area contributed by atoms with Crippen molar-refractivity contribution in [3.05, 3.63) is 0 Å². The largest absolute Gasteiger partial charge is 0.396 e. The fraction of sp³-hybridized carbons (Fsp3) is 1.00. The zero-order chi connectivity index (χ0) is 9.84. The molecule has 2 nitrogen and oxygen atoms in total. The number of hydrogen-bond acceptors (Lipinski definition) is 2. The van der Waals surface area contributed by atoms with Gasteiger partial charge in [0.25, 0.3) is 0 Å². The van der Waals surface area contributed by atoms with E-state index in [0.29, 0.717) is 18.0 Å². The maximum Gasteiger partial charge on any atom is 0.0471 e. The molecule has 0 aliphatic heterocycles. The van der Waals surface area contributed by atoms with Gasteiger partial charge in [-0.2, -0.15) is 0 Å². The molecule has 78 valence electrons. The molecule has 2 heteroatoms. The number of rotatable bonds is 6. The second-order valence-corrected chi connectivity index (χ2v) is 4.47. The van der Waals surface area contributed by atoms with E-state index in [1.54, 1.807) is 0 Å². The molecule has 0 saturated heterocycles. The van der Waals surface area contributed by atoms with Crippen LogP contribution in [-0.4, -0.2) is 23.8 Å². The normalized spacial score (nSPS) is 24.0. The van der Waals surface area contributed by atoms with Gasteiger partial charge in [-0.3, -0.25) is 0 Å². The van der Waals surface area contributed by atoms with Crippen LogP contribution in [0, 0.1) is 11.8 Å². The van der Waals surface area contributed by atoms with E-state index < -0.39 is 0 Å². The van der Waals surface area contributed by atoms with Gasteiger partial charge >= 0.3 is 0 Å². The Morgan fingerprint density at radius 1 is 1.38 bits per heavy atom. The van der Waals surface area contributed by atoms with E-state index in [1.165, 1.54) is 19.3 Å². The van der Waals surface area contributed by atoms with Gasteiger partial charge in [0.05, 0.1) is 0 Å². The minimum absolute atomic E-state index is 0.287. The Labute approximate surface area is 81.7 Å². The van der Waals surface area contributed by atoms with Crippen LogP contribution in [0.4, 0.5) is 0 Å². The first-order chi connectivity index (χ1) is 6.19. The summed E-state index contributed by atoms with van der Waals surface area (Å²) in [6.45, 7) is 6.80. The summed E-state index contributed by atoms with van der Waals surface area (Å²) in [6, 6.07) is 1.12. The van der Waals surface area contributed by atoms with Crippen LogP contribution in [0.15, 0.2) is 0 Å². The summed E-state index contributed by atoms with van der Waals surface area (Å²) >= 11 is 0. The third-order valence-corrected chi connectivity index (χ3v) is 3.25. The van der Waals surface area contributed by atoms with Gasteiger partial charge in [0.1, 0.15) is 0 Å². The molecule has 1 aliphatic rings. The minimum atomic E-state index is 0.287. The first-order valence-corrected chi connectivity index (χ1v) is 5.56. The van der Waals surface area contributed by atoms with Crippen LogP contribution in [0.1, 0.15) is 40.0 Å². The van der Waals surface area contributed by atoms with Gasteiger partial charge in [-0.25, -0.2) is 0 Å². The summed E-state index contributed by atoms with van der Waals surface area (Å²) in [7, 11) is 0. The fourth-order valence-electron chi connectivity index (χ4n) is 1.75. The minimum Gasteiger partial charge on any atom is -0.396 e. The zero-order valence-electron chi connectivity index (χ0n) is 9.09. The lowest BCUT2D eigenvalue weighted by Crippen LogP contribution is -2.42. The molecule has 13 heavy (non-hydrogen) atoms. The van der Waals surface area contributed by atoms with E-state index in [0.717, 1.165) is 5.92 Å². The summed E-state index contributed by atoms with van der Waals surface area (Å²) in [6.07, 6.45) is 4.00. The standard InChI is InChI=1S/C11H23NO/c1-4-11(10-5-6-10)12-9(3)8(2)7-13/h8-13H,4-7H2,1-3H3. The smallest absolute Gasteiger partial charge is 0.0471 e. The first kappa shape index (κ1) is 11.0. The molecule has 0 spiro atoms. The van der Waals surface area contributed by atoms with Crippen molar-refractivity contribution >= 4 is 0 Å². The number of aliphatic hydroxyl groups excluding tert-OH is 1. The van der Waals surface area contributed by atoms with Gasteiger partial charge in [-0.05, 0) is 38.0 Å². The molecule has 2 N–H and O–H groups in total. The van der Waals surface area contributed by atoms with E-state index in [1.807, 2.05) is 0 Å². The lowest BCUT2D eigenvalue weighted by molar-refractivity contribution is 0.197. The average Bonchev–Trinajstić information content (AvgIpc) is 2.95. The molecule has 0 radical (unpaired) electrons. The SMILES string of the molecule is CCC(NC(C)C(C)CO)C1CC1. The van der Waals surface area contributed by atoms with E-state index in [9.17, 15) is 0 Å². The molecule has 0 aromatic carbocycles. The van der Waals surface area contributed by atoms with Gasteiger partial charge in [0.2, 0.25) is 0 Å². The van der Waals surface area contributed by atoms with Crippen molar-refractivity contribution in [1.29, 1.82) is 0 Å². The molecule has 3 atom stereocenters. The highest BCUT2D eigenvalue weighted by Gasteiger charge is 2.31. The number of hydrogen-bond donors (Lipinski definition) is 2. The molecule has 0 aromatic rings. The van der Waals surface area contributed by atoms with Gasteiger partial charge in [-0.1, -0.05) is 13.8 Å². The molecule has 1 aliphatic carbocycles. The van der Waals surface area contributed by atoms with Crippen LogP contribution in [0.2, 0.25) is 0 Å². The highest BCUT2D eigenvalue weighted by atomic mass is 16.3. The van der Waals surface area contributed by atoms with Crippen molar-refractivity contribution in [2.45, 2.75) is 52.1 Å². The molecule has 3 unspecified atom stereocenters. The molecular weight excluding hydrogens is 162 g/mol. The van der Waals surface area contributed by atoms with Gasteiger partial charge in [-0.15, -0.1) is 0 Å². The molecule has 0 amide bonds. The van der Waals surface area contributed by atoms with Crippen molar-refractivity contribution in [2.24, 2.45) is 11.8 Å². The van der Waals surface area contributed by atoms with Crippen LogP contribution in [0.5, 0.6) is 0 Å². The predicted octanol–water partition coefficient (Wildman–Crippen LogP) is 1.78. The third-order valence-electron chi connectivity index (χ3n) is 3.25. The maximum atomic E-state index is 9.01. The highest BCUT2D eigenvalue weighted by molar-refractivity contribution is 4.87. The van der Waals surface area contributed by atoms with Crippen molar-refractivity contribution in [3.8, 4) is 0 Å². The molecule has 0 bridgehead atoms. The second-order valence-electron chi connectivity index (χ2n) is 4.47. The predicted molar refractivity (Wildman–Crippen MR) is 55.7 cm³/mol. The maximum absolute atomic E-state index is 9.01. The Morgan fingerprint density at radius 3 is 2.38 bits per heavy atom. The monoisotopic (exact) mass is 185 g/mol. The summed E-state index contributed by atoms with van der Waals surface area (Å²) in [5, 5.41) is 12.6. The Balaban J connectivity index is 2.27. The second kappa shape index (κ2) is 4.97. The van der Waals surface area contributed by atoms with Crippen LogP contribution in [0.25, 0.3) is 0 Å². The molecule has 1 fully saturated rings. The van der Waals surface area contributed by atoms with E-state index in [4.69, 9.17) is 5.11 Å². The van der Waals surface area contributed by atoms with Crippen molar-refractivity contribution in [3.63, 3.8) is 0 Å². The molecule has 0 heterocycles. The lowest BCUT2D eigenvalue weighted by Gasteiger charge is -2.25. The van der Waals surface area contributed by atoms with Crippen molar-refractivity contribution < 1.29 is 5.11 Å². The van der Waals surface area contributed by atoms with Crippen LogP contribution in [-0.2, 0) is 0 Å². The van der Waals surface area contributed by atoms with Crippen molar-refractivity contribution in [2.75, 3.05) is 6.61 Å².